The van der Waals surface area contributed by atoms with Gasteiger partial charge in [0.05, 0.1) is 6.10 Å². The number of nitrogens with two attached hydrogens (primary N) is 1. The summed E-state index contributed by atoms with van der Waals surface area (Å²) in [6.07, 6.45) is 2.64. The zero-order valence-corrected chi connectivity index (χ0v) is 16.7. The Morgan fingerprint density at radius 1 is 1.33 bits per heavy atom. The molecular formula is C15H30IN3OS. The average molecular weight is 427 g/mol. The Morgan fingerprint density at radius 2 is 2.00 bits per heavy atom. The van der Waals surface area contributed by atoms with E-state index in [1.807, 2.05) is 11.8 Å². The van der Waals surface area contributed by atoms with E-state index in [1.165, 1.54) is 6.42 Å². The van der Waals surface area contributed by atoms with Crippen molar-refractivity contribution in [2.45, 2.75) is 39.7 Å². The smallest absolute Gasteiger partial charge is 0.191 e. The van der Waals surface area contributed by atoms with E-state index in [1.54, 1.807) is 0 Å². The molecule has 2 aliphatic rings. The Bertz CT molecular complexity index is 340. The summed E-state index contributed by atoms with van der Waals surface area (Å²) in [6.45, 7) is 10.5. The quantitative estimate of drug-likeness (QED) is 0.418. The highest BCUT2D eigenvalue weighted by Crippen LogP contribution is 2.34. The summed E-state index contributed by atoms with van der Waals surface area (Å²) in [6, 6.07) is 0. The molecule has 6 heteroatoms. The van der Waals surface area contributed by atoms with E-state index in [0.29, 0.717) is 12.0 Å². The molecule has 0 bridgehead atoms. The molecule has 2 fully saturated rings. The molecule has 0 spiro atoms. The molecule has 2 unspecified atom stereocenters. The number of hydrogen-bond acceptors (Lipinski definition) is 3. The van der Waals surface area contributed by atoms with Crippen molar-refractivity contribution < 1.29 is 4.74 Å². The Hall–Kier alpha value is 0.310. The fraction of sp³-hybridized carbons (Fsp3) is 0.933. The van der Waals surface area contributed by atoms with Gasteiger partial charge < -0.3 is 15.4 Å². The second-order valence-electron chi connectivity index (χ2n) is 6.86. The summed E-state index contributed by atoms with van der Waals surface area (Å²) in [5.74, 6) is 3.55. The Kier molecular flexibility index (Phi) is 8.13. The molecule has 0 radical (unpaired) electrons. The van der Waals surface area contributed by atoms with Gasteiger partial charge in [0.1, 0.15) is 0 Å². The Labute approximate surface area is 150 Å². The van der Waals surface area contributed by atoms with Crippen LogP contribution >= 0.6 is 35.7 Å². The summed E-state index contributed by atoms with van der Waals surface area (Å²) in [5.41, 5.74) is 6.32. The van der Waals surface area contributed by atoms with Gasteiger partial charge in [0.15, 0.2) is 5.96 Å². The van der Waals surface area contributed by atoms with Crippen molar-refractivity contribution in [1.82, 2.24) is 4.90 Å². The van der Waals surface area contributed by atoms with Crippen LogP contribution in [0.1, 0.15) is 33.6 Å². The molecule has 0 aliphatic carbocycles. The number of hydrogen-bond donors (Lipinski definition) is 1. The van der Waals surface area contributed by atoms with Crippen LogP contribution in [0.4, 0.5) is 0 Å². The standard InChI is InChI=1S/C15H29N3OS.HI/c1-15(2,3)13-12(5-4-8-19-13)11-17-14(16)18-6-9-20-10-7-18;/h12-13H,4-11H2,1-3H3,(H2,16,17);1H. The van der Waals surface area contributed by atoms with E-state index in [2.05, 4.69) is 30.7 Å². The van der Waals surface area contributed by atoms with Crippen molar-refractivity contribution in [2.75, 3.05) is 37.7 Å². The molecule has 0 aromatic carbocycles. The first-order chi connectivity index (χ1) is 9.48. The molecule has 0 aromatic rings. The lowest BCUT2D eigenvalue weighted by Crippen LogP contribution is -2.44. The van der Waals surface area contributed by atoms with Crippen LogP contribution in [0.5, 0.6) is 0 Å². The predicted octanol–water partition coefficient (Wildman–Crippen LogP) is 2.81. The molecule has 0 aromatic heterocycles. The minimum atomic E-state index is 0. The lowest BCUT2D eigenvalue weighted by Gasteiger charge is -2.39. The summed E-state index contributed by atoms with van der Waals surface area (Å²) in [7, 11) is 0. The second-order valence-corrected chi connectivity index (χ2v) is 8.08. The fourth-order valence-corrected chi connectivity index (χ4v) is 3.99. The maximum Gasteiger partial charge on any atom is 0.191 e. The molecule has 2 aliphatic heterocycles. The molecule has 21 heavy (non-hydrogen) atoms. The van der Waals surface area contributed by atoms with Crippen molar-refractivity contribution in [2.24, 2.45) is 22.1 Å². The van der Waals surface area contributed by atoms with Crippen LogP contribution in [0.3, 0.4) is 0 Å². The summed E-state index contributed by atoms with van der Waals surface area (Å²) < 4.78 is 6.01. The number of halogens is 1. The maximum atomic E-state index is 6.15. The van der Waals surface area contributed by atoms with E-state index in [0.717, 1.165) is 50.1 Å². The second kappa shape index (κ2) is 8.82. The Morgan fingerprint density at radius 3 is 2.62 bits per heavy atom. The van der Waals surface area contributed by atoms with Gasteiger partial charge in [-0.1, -0.05) is 20.8 Å². The number of aliphatic imine (C=N–C) groups is 1. The highest BCUT2D eigenvalue weighted by Gasteiger charge is 2.35. The third-order valence-electron chi connectivity index (χ3n) is 4.12. The number of ether oxygens (including phenoxy) is 1. The molecule has 2 N–H and O–H groups in total. The summed E-state index contributed by atoms with van der Waals surface area (Å²) in [4.78, 5) is 6.88. The Balaban J connectivity index is 0.00000220. The fourth-order valence-electron chi connectivity index (χ4n) is 3.09. The minimum absolute atomic E-state index is 0. The van der Waals surface area contributed by atoms with Crippen LogP contribution in [0, 0.1) is 11.3 Å². The topological polar surface area (TPSA) is 50.9 Å². The monoisotopic (exact) mass is 427 g/mol. The van der Waals surface area contributed by atoms with Gasteiger partial charge in [-0.2, -0.15) is 11.8 Å². The van der Waals surface area contributed by atoms with Crippen LogP contribution < -0.4 is 5.73 Å². The van der Waals surface area contributed by atoms with Gasteiger partial charge in [-0.25, -0.2) is 0 Å². The van der Waals surface area contributed by atoms with E-state index in [9.17, 15) is 0 Å². The van der Waals surface area contributed by atoms with Gasteiger partial charge in [-0.3, -0.25) is 4.99 Å². The van der Waals surface area contributed by atoms with Gasteiger partial charge in [-0.15, -0.1) is 24.0 Å². The van der Waals surface area contributed by atoms with E-state index in [-0.39, 0.29) is 29.4 Å². The first kappa shape index (κ1) is 19.4. The molecule has 0 saturated carbocycles. The number of nitrogens with zero attached hydrogens (tertiary/aromatic N) is 2. The first-order valence-electron chi connectivity index (χ1n) is 7.72. The zero-order chi connectivity index (χ0) is 14.6. The van der Waals surface area contributed by atoms with Crippen molar-refractivity contribution in [3.8, 4) is 0 Å². The van der Waals surface area contributed by atoms with Crippen LogP contribution in [-0.2, 0) is 4.74 Å². The van der Waals surface area contributed by atoms with E-state index in [4.69, 9.17) is 10.5 Å². The number of guanidine groups is 1. The van der Waals surface area contributed by atoms with Crippen molar-refractivity contribution >= 4 is 41.7 Å². The molecule has 4 nitrogen and oxygen atoms in total. The highest BCUT2D eigenvalue weighted by atomic mass is 127. The minimum Gasteiger partial charge on any atom is -0.377 e. The van der Waals surface area contributed by atoms with Gasteiger partial charge in [-0.05, 0) is 18.3 Å². The van der Waals surface area contributed by atoms with E-state index >= 15 is 0 Å². The SMILES string of the molecule is CC(C)(C)C1OCCCC1CN=C(N)N1CCSCC1.I. The molecule has 2 atom stereocenters. The van der Waals surface area contributed by atoms with Crippen LogP contribution in [0.15, 0.2) is 4.99 Å². The normalized spacial score (nSPS) is 28.1. The predicted molar refractivity (Wildman–Crippen MR) is 103 cm³/mol. The van der Waals surface area contributed by atoms with Crippen molar-refractivity contribution in [1.29, 1.82) is 0 Å². The van der Waals surface area contributed by atoms with Gasteiger partial charge >= 0.3 is 0 Å². The number of thioether (sulfide) groups is 1. The lowest BCUT2D eigenvalue weighted by molar-refractivity contribution is -0.0823. The first-order valence-corrected chi connectivity index (χ1v) is 8.88. The van der Waals surface area contributed by atoms with Gasteiger partial charge in [0.25, 0.3) is 0 Å². The largest absolute Gasteiger partial charge is 0.377 e. The average Bonchev–Trinajstić information content (AvgIpc) is 2.45. The zero-order valence-electron chi connectivity index (χ0n) is 13.5. The van der Waals surface area contributed by atoms with Crippen LogP contribution in [-0.4, -0.2) is 54.7 Å². The van der Waals surface area contributed by atoms with Gasteiger partial charge in [0.2, 0.25) is 0 Å². The summed E-state index contributed by atoms with van der Waals surface area (Å²) >= 11 is 1.99. The molecule has 124 valence electrons. The lowest BCUT2D eigenvalue weighted by atomic mass is 9.78. The summed E-state index contributed by atoms with van der Waals surface area (Å²) in [5, 5.41) is 0. The maximum absolute atomic E-state index is 6.15. The molecule has 2 heterocycles. The molecule has 2 saturated heterocycles. The van der Waals surface area contributed by atoms with Crippen molar-refractivity contribution in [3.63, 3.8) is 0 Å². The third kappa shape index (κ3) is 5.78. The number of rotatable bonds is 2. The van der Waals surface area contributed by atoms with Crippen LogP contribution in [0.2, 0.25) is 0 Å². The molecule has 2 rings (SSSR count). The van der Waals surface area contributed by atoms with Gasteiger partial charge in [0, 0.05) is 43.7 Å². The third-order valence-corrected chi connectivity index (χ3v) is 5.06. The molecular weight excluding hydrogens is 397 g/mol. The van der Waals surface area contributed by atoms with Crippen molar-refractivity contribution in [3.05, 3.63) is 0 Å². The van der Waals surface area contributed by atoms with E-state index < -0.39 is 0 Å². The van der Waals surface area contributed by atoms with Crippen LogP contribution in [0.25, 0.3) is 0 Å². The molecule has 0 amide bonds. The highest BCUT2D eigenvalue weighted by molar-refractivity contribution is 14.0.